The maximum atomic E-state index is 11.9. The van der Waals surface area contributed by atoms with E-state index in [2.05, 4.69) is 15.6 Å². The third-order valence-corrected chi connectivity index (χ3v) is 2.89. The first-order chi connectivity index (χ1) is 9.58. The van der Waals surface area contributed by atoms with Crippen LogP contribution in [-0.2, 0) is 14.3 Å². The number of thiazole rings is 1. The van der Waals surface area contributed by atoms with Gasteiger partial charge in [0.05, 0.1) is 0 Å². The highest BCUT2D eigenvalue weighted by molar-refractivity contribution is 7.14. The lowest BCUT2D eigenvalue weighted by Gasteiger charge is -2.22. The van der Waals surface area contributed by atoms with Crippen molar-refractivity contribution < 1.29 is 19.1 Å². The predicted molar refractivity (Wildman–Crippen MR) is 79.2 cm³/mol. The van der Waals surface area contributed by atoms with Crippen LogP contribution in [0.3, 0.4) is 0 Å². The van der Waals surface area contributed by atoms with Gasteiger partial charge in [0.1, 0.15) is 17.3 Å². The molecule has 8 heteroatoms. The van der Waals surface area contributed by atoms with E-state index in [-0.39, 0.29) is 11.6 Å². The first-order valence-corrected chi connectivity index (χ1v) is 7.23. The summed E-state index contributed by atoms with van der Waals surface area (Å²) in [6.07, 6.45) is 0. The molecular weight excluding hydrogens is 294 g/mol. The van der Waals surface area contributed by atoms with Crippen molar-refractivity contribution in [1.82, 2.24) is 10.3 Å². The molecule has 2 N–H and O–H groups in total. The van der Waals surface area contributed by atoms with Gasteiger partial charge < -0.3 is 15.4 Å². The lowest BCUT2D eigenvalue weighted by atomic mass is 10.2. The van der Waals surface area contributed by atoms with Crippen molar-refractivity contribution in [2.45, 2.75) is 46.3 Å². The minimum Gasteiger partial charge on any atom is -0.458 e. The summed E-state index contributed by atoms with van der Waals surface area (Å²) in [5.74, 6) is -1.28. The van der Waals surface area contributed by atoms with Gasteiger partial charge in [0, 0.05) is 12.3 Å². The van der Waals surface area contributed by atoms with Gasteiger partial charge in [-0.3, -0.25) is 9.59 Å². The number of hydrogen-bond donors (Lipinski definition) is 2. The number of amides is 2. The number of nitrogens with zero attached hydrogens (tertiary/aromatic N) is 1. The van der Waals surface area contributed by atoms with E-state index >= 15 is 0 Å². The molecule has 0 saturated heterocycles. The van der Waals surface area contributed by atoms with Crippen molar-refractivity contribution in [3.63, 3.8) is 0 Å². The molecule has 7 nitrogen and oxygen atoms in total. The number of hydrogen-bond acceptors (Lipinski definition) is 6. The van der Waals surface area contributed by atoms with Crippen LogP contribution in [0.4, 0.5) is 5.13 Å². The fourth-order valence-electron chi connectivity index (χ4n) is 1.31. The second-order valence-corrected chi connectivity index (χ2v) is 6.31. The quantitative estimate of drug-likeness (QED) is 0.822. The lowest BCUT2D eigenvalue weighted by Crippen LogP contribution is -2.42. The summed E-state index contributed by atoms with van der Waals surface area (Å²) in [5, 5.41) is 6.82. The molecule has 0 unspecified atom stereocenters. The molecule has 116 valence electrons. The molecule has 0 bridgehead atoms. The smallest absolute Gasteiger partial charge is 0.328 e. The number of ether oxygens (including phenoxy) is 1. The fourth-order valence-corrected chi connectivity index (χ4v) is 2.04. The lowest BCUT2D eigenvalue weighted by molar-refractivity contribution is -0.156. The second-order valence-electron chi connectivity index (χ2n) is 5.45. The zero-order valence-electron chi connectivity index (χ0n) is 12.6. The molecule has 1 atom stereocenters. The average molecular weight is 313 g/mol. The highest BCUT2D eigenvalue weighted by Crippen LogP contribution is 2.15. The number of carbonyl (C=O) groups is 3. The molecule has 0 aliphatic carbocycles. The first kappa shape index (κ1) is 17.1. The molecule has 0 aromatic carbocycles. The van der Waals surface area contributed by atoms with Crippen LogP contribution in [0.2, 0.25) is 0 Å². The van der Waals surface area contributed by atoms with Gasteiger partial charge in [0.25, 0.3) is 5.91 Å². The maximum Gasteiger partial charge on any atom is 0.328 e. The molecule has 1 aromatic heterocycles. The number of rotatable bonds is 4. The molecule has 2 amide bonds. The van der Waals surface area contributed by atoms with Crippen LogP contribution < -0.4 is 10.6 Å². The van der Waals surface area contributed by atoms with Crippen LogP contribution in [0.25, 0.3) is 0 Å². The molecule has 0 aliphatic rings. The van der Waals surface area contributed by atoms with E-state index in [9.17, 15) is 14.4 Å². The monoisotopic (exact) mass is 313 g/mol. The highest BCUT2D eigenvalue weighted by Gasteiger charge is 2.24. The van der Waals surface area contributed by atoms with E-state index in [0.717, 1.165) is 11.3 Å². The van der Waals surface area contributed by atoms with Crippen LogP contribution in [0, 0.1) is 0 Å². The van der Waals surface area contributed by atoms with Crippen LogP contribution >= 0.6 is 11.3 Å². The standard InChI is InChI=1S/C13H19N3O4S/c1-7(11(19)20-13(3,4)5)14-10(18)9-6-21-12(16-9)15-8(2)17/h6-7H,1-5H3,(H,14,18)(H,15,16,17)/t7-/m1/s1. The molecule has 1 heterocycles. The molecule has 0 radical (unpaired) electrons. The first-order valence-electron chi connectivity index (χ1n) is 6.35. The minimum atomic E-state index is -0.789. The third-order valence-electron chi connectivity index (χ3n) is 2.13. The molecule has 0 saturated carbocycles. The maximum absolute atomic E-state index is 11.9. The summed E-state index contributed by atoms with van der Waals surface area (Å²) in [6, 6.07) is -0.789. The summed E-state index contributed by atoms with van der Waals surface area (Å²) >= 11 is 1.13. The Kier molecular flexibility index (Phi) is 5.42. The Labute approximate surface area is 127 Å². The highest BCUT2D eigenvalue weighted by atomic mass is 32.1. The van der Waals surface area contributed by atoms with Crippen molar-refractivity contribution in [3.8, 4) is 0 Å². The van der Waals surface area contributed by atoms with Crippen molar-refractivity contribution in [3.05, 3.63) is 11.1 Å². The minimum absolute atomic E-state index is 0.138. The SMILES string of the molecule is CC(=O)Nc1nc(C(=O)N[C@H](C)C(=O)OC(C)(C)C)cs1. The summed E-state index contributed by atoms with van der Waals surface area (Å²) in [7, 11) is 0. The Balaban J connectivity index is 2.62. The Morgan fingerprint density at radius 1 is 1.33 bits per heavy atom. The van der Waals surface area contributed by atoms with Crippen molar-refractivity contribution in [1.29, 1.82) is 0 Å². The Morgan fingerprint density at radius 3 is 2.48 bits per heavy atom. The van der Waals surface area contributed by atoms with Gasteiger partial charge in [-0.15, -0.1) is 11.3 Å². The Hall–Kier alpha value is -1.96. The predicted octanol–water partition coefficient (Wildman–Crippen LogP) is 1.56. The number of esters is 1. The van der Waals surface area contributed by atoms with Gasteiger partial charge in [0.2, 0.25) is 5.91 Å². The van der Waals surface area contributed by atoms with Gasteiger partial charge >= 0.3 is 5.97 Å². The van der Waals surface area contributed by atoms with E-state index in [0.29, 0.717) is 5.13 Å². The van der Waals surface area contributed by atoms with Crippen LogP contribution in [0.5, 0.6) is 0 Å². The molecule has 1 rings (SSSR count). The topological polar surface area (TPSA) is 97.4 Å². The normalized spacial score (nSPS) is 12.4. The second kappa shape index (κ2) is 6.66. The van der Waals surface area contributed by atoms with E-state index < -0.39 is 23.5 Å². The van der Waals surface area contributed by atoms with Gasteiger partial charge in [-0.1, -0.05) is 0 Å². The molecular formula is C13H19N3O4S. The van der Waals surface area contributed by atoms with E-state index in [1.54, 1.807) is 20.8 Å². The van der Waals surface area contributed by atoms with Crippen LogP contribution in [0.15, 0.2) is 5.38 Å². The van der Waals surface area contributed by atoms with Crippen LogP contribution in [-0.4, -0.2) is 34.4 Å². The van der Waals surface area contributed by atoms with Gasteiger partial charge in [0.15, 0.2) is 5.13 Å². The zero-order chi connectivity index (χ0) is 16.2. The van der Waals surface area contributed by atoms with Gasteiger partial charge in [-0.25, -0.2) is 9.78 Å². The van der Waals surface area contributed by atoms with E-state index in [1.807, 2.05) is 0 Å². The van der Waals surface area contributed by atoms with E-state index in [1.165, 1.54) is 19.2 Å². The van der Waals surface area contributed by atoms with Crippen molar-refractivity contribution in [2.75, 3.05) is 5.32 Å². The van der Waals surface area contributed by atoms with Crippen molar-refractivity contribution in [2.24, 2.45) is 0 Å². The summed E-state index contributed by atoms with van der Waals surface area (Å²) in [4.78, 5) is 38.5. The van der Waals surface area contributed by atoms with Crippen molar-refractivity contribution >= 4 is 34.3 Å². The van der Waals surface area contributed by atoms with Gasteiger partial charge in [-0.2, -0.15) is 0 Å². The van der Waals surface area contributed by atoms with E-state index in [4.69, 9.17) is 4.74 Å². The summed E-state index contributed by atoms with van der Waals surface area (Å²) in [6.45, 7) is 8.14. The molecule has 21 heavy (non-hydrogen) atoms. The number of carbonyl (C=O) groups excluding carboxylic acids is 3. The van der Waals surface area contributed by atoms with Crippen LogP contribution in [0.1, 0.15) is 45.1 Å². The average Bonchev–Trinajstić information content (AvgIpc) is 2.74. The third kappa shape index (κ3) is 5.90. The molecule has 0 aliphatic heterocycles. The van der Waals surface area contributed by atoms with Gasteiger partial charge in [-0.05, 0) is 27.7 Å². The molecule has 1 aromatic rings. The summed E-state index contributed by atoms with van der Waals surface area (Å²) < 4.78 is 5.17. The molecule has 0 fully saturated rings. The number of aromatic nitrogens is 1. The largest absolute Gasteiger partial charge is 0.458 e. The zero-order valence-corrected chi connectivity index (χ0v) is 13.5. The number of anilines is 1. The summed E-state index contributed by atoms with van der Waals surface area (Å²) in [5.41, 5.74) is -0.478. The number of nitrogens with one attached hydrogen (secondary N) is 2. The Bertz CT molecular complexity index is 548. The fraction of sp³-hybridized carbons (Fsp3) is 0.538. The molecule has 0 spiro atoms. The Morgan fingerprint density at radius 2 is 1.95 bits per heavy atom.